The van der Waals surface area contributed by atoms with Crippen molar-refractivity contribution in [2.45, 2.75) is 77.7 Å². The van der Waals surface area contributed by atoms with E-state index in [0.29, 0.717) is 5.41 Å². The highest BCUT2D eigenvalue weighted by molar-refractivity contribution is 14.1. The quantitative estimate of drug-likeness (QED) is 0.457. The minimum Gasteiger partial charge on any atom is -0.374 e. The van der Waals surface area contributed by atoms with Gasteiger partial charge in [0, 0.05) is 4.43 Å². The van der Waals surface area contributed by atoms with Crippen LogP contribution in [0.25, 0.3) is 0 Å². The Morgan fingerprint density at radius 3 is 2.11 bits per heavy atom. The molecule has 2 rings (SSSR count). The second-order valence-electron chi connectivity index (χ2n) is 7.92. The Morgan fingerprint density at radius 1 is 1.05 bits per heavy atom. The Labute approximate surface area is 133 Å². The average Bonchev–Trinajstić information content (AvgIpc) is 2.89. The molecule has 0 atom stereocenters. The molecule has 2 heteroatoms. The fraction of sp³-hybridized carbons (Fsp3) is 1.00. The third-order valence-corrected chi connectivity index (χ3v) is 6.86. The molecule has 2 saturated carbocycles. The maximum absolute atomic E-state index is 6.46. The molecule has 2 fully saturated rings. The highest BCUT2D eigenvalue weighted by atomic mass is 127. The second-order valence-corrected chi connectivity index (χ2v) is 8.68. The molecule has 0 N–H and O–H groups in total. The zero-order valence-corrected chi connectivity index (χ0v) is 15.2. The van der Waals surface area contributed by atoms with Gasteiger partial charge in [-0.3, -0.25) is 0 Å². The van der Waals surface area contributed by atoms with Crippen LogP contribution in [0.2, 0.25) is 0 Å². The molecule has 112 valence electrons. The molecular formula is C17H31IO. The number of ether oxygens (including phenoxy) is 1. The summed E-state index contributed by atoms with van der Waals surface area (Å²) < 4.78 is 7.63. The van der Waals surface area contributed by atoms with Gasteiger partial charge in [-0.1, -0.05) is 56.2 Å². The van der Waals surface area contributed by atoms with Gasteiger partial charge in [0.15, 0.2) is 0 Å². The molecule has 0 unspecified atom stereocenters. The molecule has 0 saturated heterocycles. The van der Waals surface area contributed by atoms with Crippen LogP contribution >= 0.6 is 22.6 Å². The van der Waals surface area contributed by atoms with E-state index in [1.807, 2.05) is 0 Å². The molecule has 0 spiro atoms. The molecule has 0 amide bonds. The minimum absolute atomic E-state index is 0.213. The fourth-order valence-corrected chi connectivity index (χ4v) is 4.78. The first kappa shape index (κ1) is 16.1. The summed E-state index contributed by atoms with van der Waals surface area (Å²) in [5.41, 5.74) is 0.688. The van der Waals surface area contributed by atoms with E-state index >= 15 is 0 Å². The highest BCUT2D eigenvalue weighted by Gasteiger charge is 2.39. The zero-order valence-electron chi connectivity index (χ0n) is 13.0. The lowest BCUT2D eigenvalue weighted by Gasteiger charge is -2.43. The van der Waals surface area contributed by atoms with Gasteiger partial charge in [0.05, 0.1) is 12.2 Å². The fourth-order valence-electron chi connectivity index (χ4n) is 3.80. The van der Waals surface area contributed by atoms with Crippen molar-refractivity contribution in [2.75, 3.05) is 11.0 Å². The molecule has 0 aliphatic heterocycles. The summed E-state index contributed by atoms with van der Waals surface area (Å²) in [7, 11) is 0. The minimum atomic E-state index is 0.213. The molecule has 2 aliphatic carbocycles. The van der Waals surface area contributed by atoms with Crippen LogP contribution in [0.5, 0.6) is 0 Å². The predicted octanol–water partition coefficient (Wildman–Crippen LogP) is 5.60. The highest BCUT2D eigenvalue weighted by Crippen LogP contribution is 2.44. The van der Waals surface area contributed by atoms with Gasteiger partial charge in [0.2, 0.25) is 0 Å². The van der Waals surface area contributed by atoms with Crippen LogP contribution in [0.4, 0.5) is 0 Å². The van der Waals surface area contributed by atoms with Gasteiger partial charge >= 0.3 is 0 Å². The number of hydrogen-bond acceptors (Lipinski definition) is 1. The molecule has 19 heavy (non-hydrogen) atoms. The molecule has 0 aromatic rings. The van der Waals surface area contributed by atoms with E-state index in [1.165, 1.54) is 55.8 Å². The first-order valence-corrected chi connectivity index (χ1v) is 9.68. The molecule has 0 bridgehead atoms. The maximum Gasteiger partial charge on any atom is 0.0771 e. The van der Waals surface area contributed by atoms with Gasteiger partial charge in [-0.2, -0.15) is 0 Å². The largest absolute Gasteiger partial charge is 0.374 e. The summed E-state index contributed by atoms with van der Waals surface area (Å²) >= 11 is 2.55. The monoisotopic (exact) mass is 378 g/mol. The van der Waals surface area contributed by atoms with Crippen LogP contribution in [-0.2, 0) is 4.74 Å². The molecular weight excluding hydrogens is 347 g/mol. The maximum atomic E-state index is 6.46. The van der Waals surface area contributed by atoms with Gasteiger partial charge in [0.25, 0.3) is 0 Å². The van der Waals surface area contributed by atoms with Gasteiger partial charge in [0.1, 0.15) is 0 Å². The third-order valence-electron chi connectivity index (χ3n) is 5.47. The number of rotatable bonds is 4. The van der Waals surface area contributed by atoms with E-state index in [2.05, 4.69) is 43.4 Å². The van der Waals surface area contributed by atoms with Crippen molar-refractivity contribution >= 4 is 22.6 Å². The molecule has 0 aromatic heterocycles. The van der Waals surface area contributed by atoms with Crippen molar-refractivity contribution in [3.63, 3.8) is 0 Å². The smallest absolute Gasteiger partial charge is 0.0771 e. The van der Waals surface area contributed by atoms with Crippen molar-refractivity contribution in [1.82, 2.24) is 0 Å². The van der Waals surface area contributed by atoms with Crippen molar-refractivity contribution in [3.05, 3.63) is 0 Å². The van der Waals surface area contributed by atoms with Crippen molar-refractivity contribution in [2.24, 2.45) is 17.3 Å². The van der Waals surface area contributed by atoms with Crippen LogP contribution in [0.15, 0.2) is 0 Å². The summed E-state index contributed by atoms with van der Waals surface area (Å²) in [6.45, 7) is 8.22. The zero-order chi connectivity index (χ0) is 13.9. The third kappa shape index (κ3) is 4.33. The van der Waals surface area contributed by atoms with E-state index in [-0.39, 0.29) is 5.60 Å². The van der Waals surface area contributed by atoms with Gasteiger partial charge in [-0.25, -0.2) is 0 Å². The van der Waals surface area contributed by atoms with E-state index < -0.39 is 0 Å². The summed E-state index contributed by atoms with van der Waals surface area (Å²) in [6, 6.07) is 0. The van der Waals surface area contributed by atoms with Crippen molar-refractivity contribution < 1.29 is 4.74 Å². The molecule has 2 aliphatic rings. The van der Waals surface area contributed by atoms with Gasteiger partial charge in [-0.05, 0) is 55.8 Å². The Balaban J connectivity index is 1.83. The van der Waals surface area contributed by atoms with Crippen molar-refractivity contribution in [3.8, 4) is 0 Å². The van der Waals surface area contributed by atoms with Crippen LogP contribution in [0, 0.1) is 17.3 Å². The Morgan fingerprint density at radius 2 is 1.63 bits per heavy atom. The van der Waals surface area contributed by atoms with Gasteiger partial charge < -0.3 is 4.74 Å². The molecule has 0 radical (unpaired) electrons. The summed E-state index contributed by atoms with van der Waals surface area (Å²) in [5, 5.41) is 0. The number of hydrogen-bond donors (Lipinski definition) is 0. The second kappa shape index (κ2) is 6.64. The van der Waals surface area contributed by atoms with E-state index in [4.69, 9.17) is 4.74 Å². The topological polar surface area (TPSA) is 9.23 Å². The predicted molar refractivity (Wildman–Crippen MR) is 90.9 cm³/mol. The Bertz CT molecular complexity index is 267. The van der Waals surface area contributed by atoms with Crippen LogP contribution < -0.4 is 0 Å². The van der Waals surface area contributed by atoms with Crippen LogP contribution in [0.1, 0.15) is 72.1 Å². The first-order chi connectivity index (χ1) is 8.95. The molecule has 0 aromatic carbocycles. The number of alkyl halides is 1. The summed E-state index contributed by atoms with van der Waals surface area (Å²) in [5.74, 6) is 1.75. The van der Waals surface area contributed by atoms with E-state index in [0.717, 1.165) is 18.4 Å². The lowest BCUT2D eigenvalue weighted by atomic mass is 9.69. The lowest BCUT2D eigenvalue weighted by Crippen LogP contribution is -2.42. The van der Waals surface area contributed by atoms with E-state index in [9.17, 15) is 0 Å². The molecule has 0 heterocycles. The standard InChI is InChI=1S/C17H31IO/c1-16(2,3)15-8-10-17(13-18,11-9-15)19-12-14-6-4-5-7-14/h14-15H,4-13H2,1-3H3. The molecule has 1 nitrogen and oxygen atoms in total. The lowest BCUT2D eigenvalue weighted by molar-refractivity contribution is -0.0794. The summed E-state index contributed by atoms with van der Waals surface area (Å²) in [4.78, 5) is 0. The van der Waals surface area contributed by atoms with Gasteiger partial charge in [-0.15, -0.1) is 0 Å². The summed E-state index contributed by atoms with van der Waals surface area (Å²) in [6.07, 6.45) is 10.9. The Kier molecular flexibility index (Phi) is 5.61. The van der Waals surface area contributed by atoms with E-state index in [1.54, 1.807) is 0 Å². The van der Waals surface area contributed by atoms with Crippen molar-refractivity contribution in [1.29, 1.82) is 0 Å². The average molecular weight is 378 g/mol. The normalized spacial score (nSPS) is 33.8. The first-order valence-electron chi connectivity index (χ1n) is 8.15. The van der Waals surface area contributed by atoms with Crippen LogP contribution in [0.3, 0.4) is 0 Å². The Hall–Kier alpha value is 0.690. The van der Waals surface area contributed by atoms with Crippen LogP contribution in [-0.4, -0.2) is 16.6 Å². The SMILES string of the molecule is CC(C)(C)C1CCC(CI)(OCC2CCCC2)CC1. The number of halogens is 1.